The Morgan fingerprint density at radius 1 is 1.09 bits per heavy atom. The second kappa shape index (κ2) is 6.70. The number of nitrogens with one attached hydrogen (secondary N) is 2. The third-order valence-corrected chi connectivity index (χ3v) is 5.81. The first-order chi connectivity index (χ1) is 11.1. The average Bonchev–Trinajstić information content (AvgIpc) is 2.58. The lowest BCUT2D eigenvalue weighted by Crippen LogP contribution is -2.43. The average molecular weight is 332 g/mol. The lowest BCUT2D eigenvalue weighted by molar-refractivity contribution is 0.0785. The standard InChI is InChI=1S/C17H20N2O3S/c1-13-6-2-3-7-14(13)19-15-8-4-5-9-16(15)23(20,21)17-12-18-10-11-22-17/h2-9,17-19H,10-12H2,1H3. The molecule has 1 saturated heterocycles. The minimum absolute atomic E-state index is 0.261. The predicted molar refractivity (Wildman–Crippen MR) is 90.7 cm³/mol. The maximum absolute atomic E-state index is 12.9. The summed E-state index contributed by atoms with van der Waals surface area (Å²) >= 11 is 0. The smallest absolute Gasteiger partial charge is 0.208 e. The summed E-state index contributed by atoms with van der Waals surface area (Å²) in [7, 11) is -3.57. The quantitative estimate of drug-likeness (QED) is 0.900. The van der Waals surface area contributed by atoms with E-state index in [2.05, 4.69) is 10.6 Å². The highest BCUT2D eigenvalue weighted by atomic mass is 32.2. The van der Waals surface area contributed by atoms with Crippen molar-refractivity contribution in [3.63, 3.8) is 0 Å². The van der Waals surface area contributed by atoms with Gasteiger partial charge in [-0.3, -0.25) is 0 Å². The van der Waals surface area contributed by atoms with Crippen LogP contribution in [0.4, 0.5) is 11.4 Å². The zero-order valence-corrected chi connectivity index (χ0v) is 13.8. The molecule has 0 aromatic heterocycles. The van der Waals surface area contributed by atoms with Gasteiger partial charge >= 0.3 is 0 Å². The molecule has 1 atom stereocenters. The predicted octanol–water partition coefficient (Wildman–Crippen LogP) is 2.46. The van der Waals surface area contributed by atoms with Crippen molar-refractivity contribution in [1.29, 1.82) is 0 Å². The fourth-order valence-corrected chi connectivity index (χ4v) is 4.15. The molecule has 5 nitrogen and oxygen atoms in total. The van der Waals surface area contributed by atoms with Crippen molar-refractivity contribution in [2.75, 3.05) is 25.0 Å². The van der Waals surface area contributed by atoms with E-state index in [-0.39, 0.29) is 4.90 Å². The van der Waals surface area contributed by atoms with Gasteiger partial charge in [0.1, 0.15) is 0 Å². The van der Waals surface area contributed by atoms with Crippen molar-refractivity contribution >= 4 is 21.2 Å². The molecule has 2 N–H and O–H groups in total. The number of aryl methyl sites for hydroxylation is 1. The van der Waals surface area contributed by atoms with E-state index in [9.17, 15) is 8.42 Å². The number of anilines is 2. The lowest BCUT2D eigenvalue weighted by atomic mass is 10.2. The first kappa shape index (κ1) is 16.0. The summed E-state index contributed by atoms with van der Waals surface area (Å²) in [5.41, 5.74) is 1.65. The number of morpholine rings is 1. The first-order valence-electron chi connectivity index (χ1n) is 7.57. The Morgan fingerprint density at radius 2 is 1.78 bits per heavy atom. The number of hydrogen-bond acceptors (Lipinski definition) is 5. The minimum Gasteiger partial charge on any atom is -0.359 e. The van der Waals surface area contributed by atoms with Gasteiger partial charge in [-0.25, -0.2) is 8.42 Å². The second-order valence-corrected chi connectivity index (χ2v) is 7.54. The second-order valence-electron chi connectivity index (χ2n) is 5.49. The number of rotatable bonds is 4. The van der Waals surface area contributed by atoms with E-state index in [0.29, 0.717) is 25.4 Å². The van der Waals surface area contributed by atoms with Crippen LogP contribution in [0.2, 0.25) is 0 Å². The highest BCUT2D eigenvalue weighted by Crippen LogP contribution is 2.29. The normalized spacial score (nSPS) is 18.6. The van der Waals surface area contributed by atoms with Crippen molar-refractivity contribution in [1.82, 2.24) is 5.32 Å². The monoisotopic (exact) mass is 332 g/mol. The van der Waals surface area contributed by atoms with Crippen LogP contribution in [0.15, 0.2) is 53.4 Å². The Morgan fingerprint density at radius 3 is 2.48 bits per heavy atom. The number of hydrogen-bond donors (Lipinski definition) is 2. The Bertz CT molecular complexity index is 784. The van der Waals surface area contributed by atoms with Gasteiger partial charge in [0.15, 0.2) is 5.44 Å². The van der Waals surface area contributed by atoms with Crippen molar-refractivity contribution in [2.24, 2.45) is 0 Å². The van der Waals surface area contributed by atoms with Gasteiger partial charge in [-0.1, -0.05) is 30.3 Å². The molecule has 1 aliphatic heterocycles. The fraction of sp³-hybridized carbons (Fsp3) is 0.294. The molecule has 6 heteroatoms. The molecule has 0 spiro atoms. The molecule has 122 valence electrons. The van der Waals surface area contributed by atoms with Crippen LogP contribution >= 0.6 is 0 Å². The summed E-state index contributed by atoms with van der Waals surface area (Å²) < 4.78 is 31.2. The molecule has 0 radical (unpaired) electrons. The summed E-state index contributed by atoms with van der Waals surface area (Å²) in [6, 6.07) is 14.7. The van der Waals surface area contributed by atoms with E-state index in [1.807, 2.05) is 37.3 Å². The van der Waals surface area contributed by atoms with E-state index in [1.54, 1.807) is 18.2 Å². The lowest BCUT2D eigenvalue weighted by Gasteiger charge is -2.24. The van der Waals surface area contributed by atoms with Gasteiger partial charge in [-0.15, -0.1) is 0 Å². The molecule has 1 fully saturated rings. The van der Waals surface area contributed by atoms with Gasteiger partial charge in [-0.2, -0.15) is 0 Å². The number of benzene rings is 2. The van der Waals surface area contributed by atoms with Gasteiger partial charge in [0, 0.05) is 18.8 Å². The van der Waals surface area contributed by atoms with E-state index in [1.165, 1.54) is 0 Å². The molecular formula is C17H20N2O3S. The van der Waals surface area contributed by atoms with Crippen LogP contribution in [0.25, 0.3) is 0 Å². The maximum Gasteiger partial charge on any atom is 0.208 e. The molecule has 0 amide bonds. The Kier molecular flexibility index (Phi) is 4.66. The largest absolute Gasteiger partial charge is 0.359 e. The number of para-hydroxylation sites is 2. The Hall–Kier alpha value is -1.89. The van der Waals surface area contributed by atoms with Crippen LogP contribution in [-0.2, 0) is 14.6 Å². The third kappa shape index (κ3) is 3.39. The van der Waals surface area contributed by atoms with E-state index >= 15 is 0 Å². The van der Waals surface area contributed by atoms with E-state index in [4.69, 9.17) is 4.74 Å². The molecule has 23 heavy (non-hydrogen) atoms. The topological polar surface area (TPSA) is 67.4 Å². The van der Waals surface area contributed by atoms with Crippen LogP contribution in [0, 0.1) is 6.92 Å². The molecular weight excluding hydrogens is 312 g/mol. The van der Waals surface area contributed by atoms with Crippen molar-refractivity contribution in [3.8, 4) is 0 Å². The van der Waals surface area contributed by atoms with Gasteiger partial charge in [0.2, 0.25) is 9.84 Å². The number of sulfone groups is 1. The fourth-order valence-electron chi connectivity index (χ4n) is 2.56. The van der Waals surface area contributed by atoms with Crippen LogP contribution < -0.4 is 10.6 Å². The van der Waals surface area contributed by atoms with Crippen LogP contribution in [0.1, 0.15) is 5.56 Å². The summed E-state index contributed by atoms with van der Waals surface area (Å²) in [5.74, 6) is 0. The summed E-state index contributed by atoms with van der Waals surface area (Å²) in [6.45, 7) is 3.36. The summed E-state index contributed by atoms with van der Waals surface area (Å²) in [6.07, 6.45) is 0. The van der Waals surface area contributed by atoms with E-state index < -0.39 is 15.3 Å². The van der Waals surface area contributed by atoms with Crippen molar-refractivity contribution in [2.45, 2.75) is 17.3 Å². The first-order valence-corrected chi connectivity index (χ1v) is 9.11. The van der Waals surface area contributed by atoms with Crippen molar-refractivity contribution in [3.05, 3.63) is 54.1 Å². The van der Waals surface area contributed by atoms with Gasteiger partial charge in [0.05, 0.1) is 17.2 Å². The zero-order chi connectivity index (χ0) is 16.3. The molecule has 0 saturated carbocycles. The SMILES string of the molecule is Cc1ccccc1Nc1ccccc1S(=O)(=O)C1CNCCO1. The van der Waals surface area contributed by atoms with E-state index in [0.717, 1.165) is 11.3 Å². The van der Waals surface area contributed by atoms with Crippen LogP contribution in [0.3, 0.4) is 0 Å². The van der Waals surface area contributed by atoms with Crippen molar-refractivity contribution < 1.29 is 13.2 Å². The van der Waals surface area contributed by atoms with Gasteiger partial charge in [-0.05, 0) is 30.7 Å². The molecule has 2 aromatic carbocycles. The third-order valence-electron chi connectivity index (χ3n) is 3.85. The molecule has 1 unspecified atom stereocenters. The molecule has 1 aliphatic rings. The highest BCUT2D eigenvalue weighted by Gasteiger charge is 2.31. The molecule has 2 aromatic rings. The summed E-state index contributed by atoms with van der Waals surface area (Å²) in [5, 5.41) is 6.30. The van der Waals surface area contributed by atoms with Crippen LogP contribution in [0.5, 0.6) is 0 Å². The molecule has 0 aliphatic carbocycles. The number of ether oxygens (including phenoxy) is 1. The zero-order valence-electron chi connectivity index (χ0n) is 13.0. The molecule has 3 rings (SSSR count). The Labute approximate surface area is 136 Å². The highest BCUT2D eigenvalue weighted by molar-refractivity contribution is 7.92. The van der Waals surface area contributed by atoms with Gasteiger partial charge < -0.3 is 15.4 Å². The van der Waals surface area contributed by atoms with Gasteiger partial charge in [0.25, 0.3) is 0 Å². The van der Waals surface area contributed by atoms with Crippen LogP contribution in [-0.4, -0.2) is 33.6 Å². The molecule has 0 bridgehead atoms. The Balaban J connectivity index is 1.96. The summed E-state index contributed by atoms with van der Waals surface area (Å²) in [4.78, 5) is 0.261. The maximum atomic E-state index is 12.9. The minimum atomic E-state index is -3.57. The molecule has 1 heterocycles.